The summed E-state index contributed by atoms with van der Waals surface area (Å²) in [6.45, 7) is 1.76. The van der Waals surface area contributed by atoms with Gasteiger partial charge in [-0.05, 0) is 25.1 Å². The third-order valence-electron chi connectivity index (χ3n) is 3.63. The van der Waals surface area contributed by atoms with E-state index in [0.29, 0.717) is 11.3 Å². The first-order valence-corrected chi connectivity index (χ1v) is 7.30. The van der Waals surface area contributed by atoms with Crippen molar-refractivity contribution in [1.29, 1.82) is 0 Å². The Labute approximate surface area is 135 Å². The molecule has 1 atom stereocenters. The molecule has 2 aromatic rings. The molecule has 0 aliphatic rings. The molecule has 2 rings (SSSR count). The van der Waals surface area contributed by atoms with Gasteiger partial charge < -0.3 is 14.8 Å². The van der Waals surface area contributed by atoms with Crippen molar-refractivity contribution in [3.63, 3.8) is 0 Å². The minimum Gasteiger partial charge on any atom is -0.484 e. The Balaban J connectivity index is 1.92. The van der Waals surface area contributed by atoms with Crippen molar-refractivity contribution in [2.24, 2.45) is 0 Å². The molecule has 2 aromatic carbocycles. The molecular formula is C18H20FNO3. The summed E-state index contributed by atoms with van der Waals surface area (Å²) in [5.74, 6) is -0.0497. The van der Waals surface area contributed by atoms with Crippen molar-refractivity contribution in [1.82, 2.24) is 5.32 Å². The molecule has 5 heteroatoms. The van der Waals surface area contributed by atoms with Gasteiger partial charge in [-0.1, -0.05) is 36.4 Å². The van der Waals surface area contributed by atoms with Crippen molar-refractivity contribution in [2.75, 3.05) is 20.3 Å². The Morgan fingerprint density at radius 1 is 1.13 bits per heavy atom. The van der Waals surface area contributed by atoms with Crippen LogP contribution in [-0.4, -0.2) is 26.2 Å². The number of carbonyl (C=O) groups is 1. The number of ether oxygens (including phenoxy) is 2. The van der Waals surface area contributed by atoms with Crippen LogP contribution in [0.5, 0.6) is 5.75 Å². The quantitative estimate of drug-likeness (QED) is 0.854. The third kappa shape index (κ3) is 4.53. The standard InChI is InChI=1S/C18H20FNO3/c1-18(22-2,15-10-6-7-11-16(15)19)13-20-17(21)12-23-14-8-4-3-5-9-14/h3-11H,12-13H2,1-2H3,(H,20,21). The van der Waals surface area contributed by atoms with Crippen LogP contribution in [0.15, 0.2) is 54.6 Å². The lowest BCUT2D eigenvalue weighted by Gasteiger charge is -2.29. The molecule has 0 saturated heterocycles. The molecular weight excluding hydrogens is 297 g/mol. The molecule has 0 saturated carbocycles. The summed E-state index contributed by atoms with van der Waals surface area (Å²) in [6.07, 6.45) is 0. The van der Waals surface area contributed by atoms with Gasteiger partial charge in [0.1, 0.15) is 17.2 Å². The fraction of sp³-hybridized carbons (Fsp3) is 0.278. The second-order valence-corrected chi connectivity index (χ2v) is 5.29. The van der Waals surface area contributed by atoms with Gasteiger partial charge in [-0.2, -0.15) is 0 Å². The van der Waals surface area contributed by atoms with Crippen LogP contribution in [0.25, 0.3) is 0 Å². The van der Waals surface area contributed by atoms with Gasteiger partial charge in [0.05, 0.1) is 6.54 Å². The number of hydrogen-bond donors (Lipinski definition) is 1. The number of nitrogens with one attached hydrogen (secondary N) is 1. The Morgan fingerprint density at radius 3 is 2.43 bits per heavy atom. The minimum atomic E-state index is -0.951. The fourth-order valence-electron chi connectivity index (χ4n) is 2.15. The van der Waals surface area contributed by atoms with Crippen LogP contribution < -0.4 is 10.1 Å². The number of methoxy groups -OCH3 is 1. The van der Waals surface area contributed by atoms with Crippen LogP contribution in [0.2, 0.25) is 0 Å². The van der Waals surface area contributed by atoms with Gasteiger partial charge in [0.2, 0.25) is 0 Å². The molecule has 4 nitrogen and oxygen atoms in total. The maximum atomic E-state index is 13.9. The summed E-state index contributed by atoms with van der Waals surface area (Å²) in [7, 11) is 1.49. The average molecular weight is 317 g/mol. The number of halogens is 1. The van der Waals surface area contributed by atoms with Gasteiger partial charge in [0.15, 0.2) is 6.61 Å². The normalized spacial score (nSPS) is 13.2. The van der Waals surface area contributed by atoms with E-state index in [1.807, 2.05) is 18.2 Å². The molecule has 1 N–H and O–H groups in total. The molecule has 1 unspecified atom stereocenters. The van der Waals surface area contributed by atoms with E-state index in [0.717, 1.165) is 0 Å². The van der Waals surface area contributed by atoms with Gasteiger partial charge in [-0.3, -0.25) is 4.79 Å². The lowest BCUT2D eigenvalue weighted by molar-refractivity contribution is -0.124. The second kappa shape index (κ2) is 7.74. The Bertz CT molecular complexity index is 648. The third-order valence-corrected chi connectivity index (χ3v) is 3.63. The van der Waals surface area contributed by atoms with E-state index in [-0.39, 0.29) is 24.9 Å². The second-order valence-electron chi connectivity index (χ2n) is 5.29. The number of benzene rings is 2. The molecule has 122 valence electrons. The SMILES string of the molecule is COC(C)(CNC(=O)COc1ccccc1)c1ccccc1F. The molecule has 0 fully saturated rings. The van der Waals surface area contributed by atoms with E-state index < -0.39 is 5.60 Å². The predicted octanol–water partition coefficient (Wildman–Crippen LogP) is 2.88. The lowest BCUT2D eigenvalue weighted by Crippen LogP contribution is -2.42. The minimum absolute atomic E-state index is 0.110. The number of para-hydroxylation sites is 1. The maximum Gasteiger partial charge on any atom is 0.258 e. The van der Waals surface area contributed by atoms with Gasteiger partial charge in [-0.25, -0.2) is 4.39 Å². The molecule has 0 heterocycles. The maximum absolute atomic E-state index is 13.9. The van der Waals surface area contributed by atoms with Gasteiger partial charge in [-0.15, -0.1) is 0 Å². The van der Waals surface area contributed by atoms with Gasteiger partial charge >= 0.3 is 0 Å². The number of amides is 1. The fourth-order valence-corrected chi connectivity index (χ4v) is 2.15. The molecule has 0 spiro atoms. The monoisotopic (exact) mass is 317 g/mol. The van der Waals surface area contributed by atoms with Crippen molar-refractivity contribution in [3.05, 3.63) is 66.0 Å². The van der Waals surface area contributed by atoms with E-state index in [1.165, 1.54) is 13.2 Å². The zero-order valence-electron chi connectivity index (χ0n) is 13.2. The van der Waals surface area contributed by atoms with Gasteiger partial charge in [0, 0.05) is 12.7 Å². The summed E-state index contributed by atoms with van der Waals surface area (Å²) >= 11 is 0. The van der Waals surface area contributed by atoms with Crippen LogP contribution in [0, 0.1) is 5.82 Å². The number of rotatable bonds is 7. The van der Waals surface area contributed by atoms with E-state index in [2.05, 4.69) is 5.32 Å². The first-order chi connectivity index (χ1) is 11.0. The molecule has 0 radical (unpaired) electrons. The molecule has 1 amide bonds. The first-order valence-electron chi connectivity index (χ1n) is 7.30. The zero-order chi connectivity index (χ0) is 16.7. The van der Waals surface area contributed by atoms with Crippen LogP contribution in [0.4, 0.5) is 4.39 Å². The van der Waals surface area contributed by atoms with Crippen molar-refractivity contribution >= 4 is 5.91 Å². The number of hydrogen-bond acceptors (Lipinski definition) is 3. The molecule has 23 heavy (non-hydrogen) atoms. The molecule has 0 aliphatic heterocycles. The summed E-state index contributed by atoms with van der Waals surface area (Å²) in [4.78, 5) is 11.9. The van der Waals surface area contributed by atoms with E-state index in [9.17, 15) is 9.18 Å². The van der Waals surface area contributed by atoms with E-state index >= 15 is 0 Å². The first kappa shape index (κ1) is 17.0. The highest BCUT2D eigenvalue weighted by atomic mass is 19.1. The summed E-state index contributed by atoms with van der Waals surface area (Å²) < 4.78 is 24.7. The number of carbonyl (C=O) groups excluding carboxylic acids is 1. The van der Waals surface area contributed by atoms with Crippen molar-refractivity contribution in [2.45, 2.75) is 12.5 Å². The highest BCUT2D eigenvalue weighted by Gasteiger charge is 2.29. The summed E-state index contributed by atoms with van der Waals surface area (Å²) in [5, 5.41) is 2.71. The van der Waals surface area contributed by atoms with Crippen molar-refractivity contribution < 1.29 is 18.7 Å². The van der Waals surface area contributed by atoms with Crippen LogP contribution >= 0.6 is 0 Å². The Kier molecular flexibility index (Phi) is 5.71. The Hall–Kier alpha value is -2.40. The van der Waals surface area contributed by atoms with E-state index in [4.69, 9.17) is 9.47 Å². The average Bonchev–Trinajstić information content (AvgIpc) is 2.59. The Morgan fingerprint density at radius 2 is 1.78 bits per heavy atom. The van der Waals surface area contributed by atoms with Crippen LogP contribution in [0.3, 0.4) is 0 Å². The molecule has 0 aromatic heterocycles. The molecule has 0 bridgehead atoms. The lowest BCUT2D eigenvalue weighted by atomic mass is 9.95. The summed E-state index contributed by atoms with van der Waals surface area (Å²) in [5.41, 5.74) is -0.555. The zero-order valence-corrected chi connectivity index (χ0v) is 13.2. The molecule has 0 aliphatic carbocycles. The largest absolute Gasteiger partial charge is 0.484 e. The van der Waals surface area contributed by atoms with Crippen LogP contribution in [0.1, 0.15) is 12.5 Å². The summed E-state index contributed by atoms with van der Waals surface area (Å²) in [6, 6.07) is 15.4. The van der Waals surface area contributed by atoms with E-state index in [1.54, 1.807) is 37.3 Å². The van der Waals surface area contributed by atoms with Crippen molar-refractivity contribution in [3.8, 4) is 5.75 Å². The highest BCUT2D eigenvalue weighted by molar-refractivity contribution is 5.77. The topological polar surface area (TPSA) is 47.6 Å². The van der Waals surface area contributed by atoms with Gasteiger partial charge in [0.25, 0.3) is 5.91 Å². The smallest absolute Gasteiger partial charge is 0.258 e. The predicted molar refractivity (Wildman–Crippen MR) is 85.7 cm³/mol. The highest BCUT2D eigenvalue weighted by Crippen LogP contribution is 2.26. The van der Waals surface area contributed by atoms with Crippen LogP contribution in [-0.2, 0) is 15.1 Å².